The van der Waals surface area contributed by atoms with Crippen molar-refractivity contribution >= 4 is 23.7 Å². The van der Waals surface area contributed by atoms with Crippen LogP contribution in [0.25, 0.3) is 0 Å². The summed E-state index contributed by atoms with van der Waals surface area (Å²) >= 11 is 1.53. The number of primary amides is 1. The third kappa shape index (κ3) is 5.92. The first-order chi connectivity index (χ1) is 9.50. The van der Waals surface area contributed by atoms with Crippen LogP contribution in [0.3, 0.4) is 0 Å². The molecule has 110 valence electrons. The highest BCUT2D eigenvalue weighted by molar-refractivity contribution is 7.98. The fraction of sp³-hybridized carbons (Fsp3) is 0.385. The van der Waals surface area contributed by atoms with Gasteiger partial charge in [0.05, 0.1) is 0 Å². The molecule has 20 heavy (non-hydrogen) atoms. The standard InChI is InChI=1S/C13H18FN3O2S/c1-17(13(15)19)8-12(18)16-6-7-20-9-10-4-2-3-5-11(10)14/h2-5H,6-9H2,1H3,(H2,15,19)(H,16,18). The Balaban J connectivity index is 2.15. The van der Waals surface area contributed by atoms with Crippen LogP contribution in [0, 0.1) is 5.82 Å². The number of rotatable bonds is 7. The molecule has 0 aromatic heterocycles. The molecule has 0 saturated carbocycles. The summed E-state index contributed by atoms with van der Waals surface area (Å²) in [7, 11) is 1.45. The van der Waals surface area contributed by atoms with Gasteiger partial charge in [-0.25, -0.2) is 9.18 Å². The number of hydrogen-bond donors (Lipinski definition) is 2. The summed E-state index contributed by atoms with van der Waals surface area (Å²) in [5.41, 5.74) is 5.66. The summed E-state index contributed by atoms with van der Waals surface area (Å²) in [4.78, 5) is 23.3. The Hall–Kier alpha value is -1.76. The van der Waals surface area contributed by atoms with E-state index in [0.29, 0.717) is 23.6 Å². The molecular weight excluding hydrogens is 281 g/mol. The normalized spacial score (nSPS) is 10.1. The van der Waals surface area contributed by atoms with Gasteiger partial charge in [-0.1, -0.05) is 18.2 Å². The molecule has 0 aliphatic rings. The van der Waals surface area contributed by atoms with E-state index in [1.54, 1.807) is 18.2 Å². The molecule has 0 atom stereocenters. The Morgan fingerprint density at radius 2 is 2.10 bits per heavy atom. The van der Waals surface area contributed by atoms with E-state index in [2.05, 4.69) is 5.32 Å². The zero-order valence-electron chi connectivity index (χ0n) is 11.3. The maximum Gasteiger partial charge on any atom is 0.314 e. The maximum atomic E-state index is 13.3. The summed E-state index contributed by atoms with van der Waals surface area (Å²) in [6, 6.07) is 5.97. The minimum atomic E-state index is -0.644. The van der Waals surface area contributed by atoms with Gasteiger partial charge in [0.2, 0.25) is 5.91 Å². The molecule has 0 radical (unpaired) electrons. The molecule has 3 amide bonds. The molecule has 0 fully saturated rings. The van der Waals surface area contributed by atoms with Crippen LogP contribution in [0.4, 0.5) is 9.18 Å². The van der Waals surface area contributed by atoms with E-state index < -0.39 is 6.03 Å². The number of nitrogens with one attached hydrogen (secondary N) is 1. The van der Waals surface area contributed by atoms with E-state index in [1.165, 1.54) is 24.9 Å². The quantitative estimate of drug-likeness (QED) is 0.743. The number of carbonyl (C=O) groups excluding carboxylic acids is 2. The van der Waals surface area contributed by atoms with E-state index in [-0.39, 0.29) is 18.3 Å². The number of halogens is 1. The summed E-state index contributed by atoms with van der Waals surface area (Å²) in [6.45, 7) is 0.401. The van der Waals surface area contributed by atoms with Crippen molar-refractivity contribution in [2.45, 2.75) is 5.75 Å². The SMILES string of the molecule is CN(CC(=O)NCCSCc1ccccc1F)C(N)=O. The molecule has 0 aliphatic heterocycles. The van der Waals surface area contributed by atoms with E-state index in [4.69, 9.17) is 5.73 Å². The maximum absolute atomic E-state index is 13.3. The Labute approximate surface area is 121 Å². The number of hydrogen-bond acceptors (Lipinski definition) is 3. The highest BCUT2D eigenvalue weighted by atomic mass is 32.2. The topological polar surface area (TPSA) is 75.4 Å². The largest absolute Gasteiger partial charge is 0.354 e. The number of likely N-dealkylation sites (N-methyl/N-ethyl adjacent to an activating group) is 1. The lowest BCUT2D eigenvalue weighted by Gasteiger charge is -2.13. The fourth-order valence-corrected chi connectivity index (χ4v) is 2.25. The van der Waals surface area contributed by atoms with E-state index >= 15 is 0 Å². The Morgan fingerprint density at radius 3 is 2.75 bits per heavy atom. The number of nitrogens with two attached hydrogens (primary N) is 1. The zero-order chi connectivity index (χ0) is 15.0. The van der Waals surface area contributed by atoms with E-state index in [0.717, 1.165) is 4.90 Å². The molecule has 0 aliphatic carbocycles. The van der Waals surface area contributed by atoms with Gasteiger partial charge in [-0.05, 0) is 11.6 Å². The average Bonchev–Trinajstić information content (AvgIpc) is 2.40. The molecule has 0 bridgehead atoms. The van der Waals surface area contributed by atoms with Crippen LogP contribution in [0.5, 0.6) is 0 Å². The van der Waals surface area contributed by atoms with Crippen LogP contribution < -0.4 is 11.1 Å². The number of nitrogens with zero attached hydrogens (tertiary/aromatic N) is 1. The molecule has 0 saturated heterocycles. The van der Waals surface area contributed by atoms with Gasteiger partial charge >= 0.3 is 6.03 Å². The molecule has 1 rings (SSSR count). The van der Waals surface area contributed by atoms with Crippen LogP contribution in [0.2, 0.25) is 0 Å². The number of amides is 3. The average molecular weight is 299 g/mol. The lowest BCUT2D eigenvalue weighted by Crippen LogP contribution is -2.41. The van der Waals surface area contributed by atoms with E-state index in [9.17, 15) is 14.0 Å². The van der Waals surface area contributed by atoms with Gasteiger partial charge in [0.25, 0.3) is 0 Å². The van der Waals surface area contributed by atoms with Crippen LogP contribution in [0.1, 0.15) is 5.56 Å². The second kappa shape index (κ2) is 8.42. The fourth-order valence-electron chi connectivity index (χ4n) is 1.41. The van der Waals surface area contributed by atoms with Crippen LogP contribution in [-0.4, -0.2) is 42.7 Å². The number of thioether (sulfide) groups is 1. The van der Waals surface area contributed by atoms with Crippen molar-refractivity contribution in [3.05, 3.63) is 35.6 Å². The first-order valence-electron chi connectivity index (χ1n) is 6.09. The lowest BCUT2D eigenvalue weighted by molar-refractivity contribution is -0.121. The Kier molecular flexibility index (Phi) is 6.86. The summed E-state index contributed by atoms with van der Waals surface area (Å²) in [5.74, 6) is 0.745. The molecule has 0 heterocycles. The van der Waals surface area contributed by atoms with Crippen molar-refractivity contribution in [2.75, 3.05) is 25.9 Å². The van der Waals surface area contributed by atoms with Crippen molar-refractivity contribution in [1.82, 2.24) is 10.2 Å². The van der Waals surface area contributed by atoms with Gasteiger partial charge in [-0.2, -0.15) is 11.8 Å². The molecule has 0 spiro atoms. The van der Waals surface area contributed by atoms with Crippen molar-refractivity contribution in [2.24, 2.45) is 5.73 Å². The summed E-state index contributed by atoms with van der Waals surface area (Å²) < 4.78 is 13.3. The molecule has 3 N–H and O–H groups in total. The van der Waals surface area contributed by atoms with Crippen LogP contribution in [0.15, 0.2) is 24.3 Å². The highest BCUT2D eigenvalue weighted by Crippen LogP contribution is 2.14. The molecule has 1 aromatic rings. The molecular formula is C13H18FN3O2S. The minimum Gasteiger partial charge on any atom is -0.354 e. The third-order valence-electron chi connectivity index (χ3n) is 2.54. The van der Waals surface area contributed by atoms with Crippen molar-refractivity contribution in [3.8, 4) is 0 Å². The van der Waals surface area contributed by atoms with Crippen LogP contribution in [-0.2, 0) is 10.5 Å². The van der Waals surface area contributed by atoms with Gasteiger partial charge in [-0.15, -0.1) is 0 Å². The molecule has 7 heteroatoms. The number of urea groups is 1. The third-order valence-corrected chi connectivity index (χ3v) is 3.55. The highest BCUT2D eigenvalue weighted by Gasteiger charge is 2.08. The predicted octanol–water partition coefficient (Wildman–Crippen LogP) is 1.19. The smallest absolute Gasteiger partial charge is 0.314 e. The number of benzene rings is 1. The molecule has 5 nitrogen and oxygen atoms in total. The van der Waals surface area contributed by atoms with Crippen molar-refractivity contribution in [3.63, 3.8) is 0 Å². The van der Waals surface area contributed by atoms with Gasteiger partial charge in [0, 0.05) is 25.1 Å². The monoisotopic (exact) mass is 299 g/mol. The molecule has 1 aromatic carbocycles. The zero-order valence-corrected chi connectivity index (χ0v) is 12.1. The lowest BCUT2D eigenvalue weighted by atomic mass is 10.2. The second-order valence-corrected chi connectivity index (χ2v) is 5.29. The van der Waals surface area contributed by atoms with Crippen molar-refractivity contribution < 1.29 is 14.0 Å². The molecule has 0 unspecified atom stereocenters. The van der Waals surface area contributed by atoms with Crippen LogP contribution >= 0.6 is 11.8 Å². The summed E-state index contributed by atoms with van der Waals surface area (Å²) in [6.07, 6.45) is 0. The Morgan fingerprint density at radius 1 is 1.40 bits per heavy atom. The van der Waals surface area contributed by atoms with Crippen molar-refractivity contribution in [1.29, 1.82) is 0 Å². The van der Waals surface area contributed by atoms with Gasteiger partial charge < -0.3 is 16.0 Å². The van der Waals surface area contributed by atoms with Gasteiger partial charge in [0.15, 0.2) is 0 Å². The first kappa shape index (κ1) is 16.3. The minimum absolute atomic E-state index is 0.0622. The second-order valence-electron chi connectivity index (χ2n) is 4.19. The Bertz CT molecular complexity index is 471. The summed E-state index contributed by atoms with van der Waals surface area (Å²) in [5, 5.41) is 2.67. The van der Waals surface area contributed by atoms with E-state index in [1.807, 2.05) is 0 Å². The first-order valence-corrected chi connectivity index (χ1v) is 7.24. The predicted molar refractivity (Wildman–Crippen MR) is 77.8 cm³/mol. The number of carbonyl (C=O) groups is 2. The van der Waals surface area contributed by atoms with Gasteiger partial charge in [0.1, 0.15) is 12.4 Å². The van der Waals surface area contributed by atoms with Gasteiger partial charge in [-0.3, -0.25) is 4.79 Å².